The van der Waals surface area contributed by atoms with Crippen LogP contribution in [0.5, 0.6) is 0 Å². The monoisotopic (exact) mass is 413 g/mol. The minimum Gasteiger partial charge on any atom is -0.352 e. The fourth-order valence-corrected chi connectivity index (χ4v) is 3.25. The van der Waals surface area contributed by atoms with Crippen molar-refractivity contribution in [2.45, 2.75) is 0 Å². The van der Waals surface area contributed by atoms with E-state index in [-0.39, 0.29) is 23.0 Å². The average Bonchev–Trinajstić information content (AvgIpc) is 2.77. The number of nitrogens with one attached hydrogen (secondary N) is 1. The van der Waals surface area contributed by atoms with Crippen LogP contribution in [0.4, 0.5) is 5.69 Å². The molecule has 4 rings (SSSR count). The Morgan fingerprint density at radius 2 is 1.50 bits per heavy atom. The standard InChI is InChI=1S/C25H16ClNO3/c26-18-10-5-16(6-11-18)7-14-23(28)17-8-12-19(13-9-17)27-22-15-24(29)20-3-1-2-4-21(20)25(22)30/h1-15,27H/b14-7-. The smallest absolute Gasteiger partial charge is 0.210 e. The Balaban J connectivity index is 1.46. The fraction of sp³-hybridized carbons (Fsp3) is 0. The molecule has 0 bridgehead atoms. The predicted molar refractivity (Wildman–Crippen MR) is 118 cm³/mol. The summed E-state index contributed by atoms with van der Waals surface area (Å²) in [4.78, 5) is 37.3. The summed E-state index contributed by atoms with van der Waals surface area (Å²) in [5.41, 5.74) is 2.99. The average molecular weight is 414 g/mol. The zero-order valence-electron chi connectivity index (χ0n) is 15.8. The molecule has 0 atom stereocenters. The van der Waals surface area contributed by atoms with E-state index >= 15 is 0 Å². The molecule has 3 aromatic rings. The molecule has 0 amide bonds. The lowest BCUT2D eigenvalue weighted by molar-refractivity contribution is 0.0985. The molecule has 146 valence electrons. The van der Waals surface area contributed by atoms with Gasteiger partial charge < -0.3 is 5.32 Å². The molecule has 0 heterocycles. The number of rotatable bonds is 5. The molecular formula is C25H16ClNO3. The quantitative estimate of drug-likeness (QED) is 0.436. The number of allylic oxidation sites excluding steroid dienone is 3. The minimum atomic E-state index is -0.240. The number of hydrogen-bond acceptors (Lipinski definition) is 4. The van der Waals surface area contributed by atoms with Crippen LogP contribution in [0.1, 0.15) is 36.6 Å². The van der Waals surface area contributed by atoms with Gasteiger partial charge in [-0.1, -0.05) is 54.1 Å². The molecule has 0 spiro atoms. The number of fused-ring (bicyclic) bond motifs is 1. The Morgan fingerprint density at radius 3 is 2.20 bits per heavy atom. The maximum absolute atomic E-state index is 12.6. The highest BCUT2D eigenvalue weighted by Crippen LogP contribution is 2.23. The highest BCUT2D eigenvalue weighted by molar-refractivity contribution is 6.30. The van der Waals surface area contributed by atoms with E-state index < -0.39 is 0 Å². The normalized spacial score (nSPS) is 13.2. The fourth-order valence-electron chi connectivity index (χ4n) is 3.12. The van der Waals surface area contributed by atoms with Crippen LogP contribution < -0.4 is 5.32 Å². The van der Waals surface area contributed by atoms with Gasteiger partial charge in [-0.2, -0.15) is 0 Å². The van der Waals surface area contributed by atoms with E-state index in [1.54, 1.807) is 66.7 Å². The summed E-state index contributed by atoms with van der Waals surface area (Å²) in [5, 5.41) is 3.62. The number of benzene rings is 3. The van der Waals surface area contributed by atoms with Gasteiger partial charge in [0.25, 0.3) is 0 Å². The van der Waals surface area contributed by atoms with Crippen LogP contribution >= 0.6 is 11.6 Å². The van der Waals surface area contributed by atoms with Crippen LogP contribution in [-0.2, 0) is 0 Å². The van der Waals surface area contributed by atoms with Gasteiger partial charge >= 0.3 is 0 Å². The number of halogens is 1. The molecule has 3 aromatic carbocycles. The SMILES string of the molecule is O=C(/C=C\c1ccc(Cl)cc1)c1ccc(NC2=CC(=O)c3ccccc3C2=O)cc1. The van der Waals surface area contributed by atoms with Crippen molar-refractivity contribution in [3.8, 4) is 0 Å². The van der Waals surface area contributed by atoms with Gasteiger partial charge in [-0.25, -0.2) is 0 Å². The van der Waals surface area contributed by atoms with Crippen molar-refractivity contribution < 1.29 is 14.4 Å². The lowest BCUT2D eigenvalue weighted by atomic mass is 9.92. The maximum Gasteiger partial charge on any atom is 0.210 e. The van der Waals surface area contributed by atoms with Gasteiger partial charge in [0.1, 0.15) is 0 Å². The lowest BCUT2D eigenvalue weighted by Crippen LogP contribution is -2.21. The second kappa shape index (κ2) is 8.31. The van der Waals surface area contributed by atoms with Gasteiger partial charge in [0.15, 0.2) is 11.6 Å². The number of anilines is 1. The highest BCUT2D eigenvalue weighted by Gasteiger charge is 2.25. The molecule has 1 N–H and O–H groups in total. The Morgan fingerprint density at radius 1 is 0.833 bits per heavy atom. The Hall–Kier alpha value is -3.76. The van der Waals surface area contributed by atoms with Crippen LogP contribution in [0.3, 0.4) is 0 Å². The van der Waals surface area contributed by atoms with Gasteiger partial charge in [0, 0.05) is 33.5 Å². The third-order valence-electron chi connectivity index (χ3n) is 4.70. The first-order valence-electron chi connectivity index (χ1n) is 9.26. The molecule has 0 radical (unpaired) electrons. The van der Waals surface area contributed by atoms with Gasteiger partial charge in [0.05, 0.1) is 5.70 Å². The summed E-state index contributed by atoms with van der Waals surface area (Å²) < 4.78 is 0. The topological polar surface area (TPSA) is 63.2 Å². The molecule has 1 aliphatic carbocycles. The zero-order valence-corrected chi connectivity index (χ0v) is 16.5. The van der Waals surface area contributed by atoms with Crippen LogP contribution in [0.15, 0.2) is 90.6 Å². The molecule has 0 saturated heterocycles. The number of hydrogen-bond donors (Lipinski definition) is 1. The summed E-state index contributed by atoms with van der Waals surface area (Å²) >= 11 is 5.86. The number of ketones is 3. The van der Waals surface area contributed by atoms with E-state index in [4.69, 9.17) is 11.6 Å². The zero-order chi connectivity index (χ0) is 21.1. The molecule has 1 aliphatic rings. The van der Waals surface area contributed by atoms with E-state index in [1.165, 1.54) is 12.2 Å². The third-order valence-corrected chi connectivity index (χ3v) is 4.95. The number of Topliss-reactive ketones (excluding diaryl/α,β-unsaturated/α-hetero) is 1. The highest BCUT2D eigenvalue weighted by atomic mass is 35.5. The molecule has 0 aromatic heterocycles. The maximum atomic E-state index is 12.6. The van der Waals surface area contributed by atoms with Gasteiger partial charge in [-0.3, -0.25) is 14.4 Å². The van der Waals surface area contributed by atoms with Crippen molar-refractivity contribution in [3.63, 3.8) is 0 Å². The first kappa shape index (κ1) is 19.6. The first-order chi connectivity index (χ1) is 14.5. The largest absolute Gasteiger partial charge is 0.352 e. The molecule has 0 saturated carbocycles. The first-order valence-corrected chi connectivity index (χ1v) is 9.64. The third kappa shape index (κ3) is 4.14. The second-order valence-electron chi connectivity index (χ2n) is 6.75. The van der Waals surface area contributed by atoms with E-state index in [9.17, 15) is 14.4 Å². The minimum absolute atomic E-state index is 0.145. The molecule has 5 heteroatoms. The van der Waals surface area contributed by atoms with E-state index in [0.29, 0.717) is 27.4 Å². The molecular weight excluding hydrogens is 398 g/mol. The Labute approximate surface area is 178 Å². The van der Waals surface area contributed by atoms with Crippen molar-refractivity contribution in [2.24, 2.45) is 0 Å². The molecule has 30 heavy (non-hydrogen) atoms. The molecule has 0 aliphatic heterocycles. The van der Waals surface area contributed by atoms with Crippen LogP contribution in [0.25, 0.3) is 6.08 Å². The summed E-state index contributed by atoms with van der Waals surface area (Å²) in [5.74, 6) is -0.600. The summed E-state index contributed by atoms with van der Waals surface area (Å²) in [6.07, 6.45) is 4.52. The van der Waals surface area contributed by atoms with Crippen molar-refractivity contribution in [1.29, 1.82) is 0 Å². The predicted octanol–water partition coefficient (Wildman–Crippen LogP) is 5.61. The van der Waals surface area contributed by atoms with Crippen molar-refractivity contribution in [2.75, 3.05) is 5.32 Å². The Bertz CT molecular complexity index is 1210. The van der Waals surface area contributed by atoms with Crippen molar-refractivity contribution in [1.82, 2.24) is 0 Å². The molecule has 0 unspecified atom stereocenters. The molecule has 0 fully saturated rings. The van der Waals surface area contributed by atoms with Gasteiger partial charge in [-0.05, 0) is 48.0 Å². The van der Waals surface area contributed by atoms with Crippen molar-refractivity contribution in [3.05, 3.63) is 118 Å². The number of carbonyl (C=O) groups is 3. The summed E-state index contributed by atoms with van der Waals surface area (Å²) in [6.45, 7) is 0. The second-order valence-corrected chi connectivity index (χ2v) is 7.18. The van der Waals surface area contributed by atoms with E-state index in [1.807, 2.05) is 12.1 Å². The van der Waals surface area contributed by atoms with Gasteiger partial charge in [-0.15, -0.1) is 0 Å². The van der Waals surface area contributed by atoms with Crippen LogP contribution in [-0.4, -0.2) is 17.3 Å². The summed E-state index contributed by atoms with van der Waals surface area (Å²) in [6, 6.07) is 20.6. The lowest BCUT2D eigenvalue weighted by Gasteiger charge is -2.16. The number of carbonyl (C=O) groups excluding carboxylic acids is 3. The van der Waals surface area contributed by atoms with Crippen LogP contribution in [0, 0.1) is 0 Å². The van der Waals surface area contributed by atoms with Crippen molar-refractivity contribution >= 4 is 40.7 Å². The van der Waals surface area contributed by atoms with E-state index in [0.717, 1.165) is 5.56 Å². The van der Waals surface area contributed by atoms with Gasteiger partial charge in [0.2, 0.25) is 5.78 Å². The van der Waals surface area contributed by atoms with Crippen LogP contribution in [0.2, 0.25) is 5.02 Å². The summed E-state index contributed by atoms with van der Waals surface area (Å²) in [7, 11) is 0. The molecule has 4 nitrogen and oxygen atoms in total. The Kier molecular flexibility index (Phi) is 5.42. The van der Waals surface area contributed by atoms with E-state index in [2.05, 4.69) is 5.32 Å².